The van der Waals surface area contributed by atoms with Gasteiger partial charge < -0.3 is 14.0 Å². The number of rotatable bonds is 6. The van der Waals surface area contributed by atoms with Crippen LogP contribution in [0.3, 0.4) is 0 Å². The highest BCUT2D eigenvalue weighted by molar-refractivity contribution is 7.09. The number of benzene rings is 1. The van der Waals surface area contributed by atoms with E-state index in [0.29, 0.717) is 35.7 Å². The summed E-state index contributed by atoms with van der Waals surface area (Å²) >= 11 is 1.56. The van der Waals surface area contributed by atoms with Crippen LogP contribution in [0.2, 0.25) is 0 Å². The van der Waals surface area contributed by atoms with Crippen LogP contribution in [-0.2, 0) is 17.9 Å². The van der Waals surface area contributed by atoms with Crippen LogP contribution in [0.15, 0.2) is 34.4 Å². The monoisotopic (exact) mass is 386 g/mol. The number of esters is 1. The molecule has 142 valence electrons. The van der Waals surface area contributed by atoms with E-state index in [1.54, 1.807) is 34.1 Å². The van der Waals surface area contributed by atoms with E-state index in [1.807, 2.05) is 12.3 Å². The molecular weight excluding hydrogens is 364 g/mol. The summed E-state index contributed by atoms with van der Waals surface area (Å²) in [6, 6.07) is 6.62. The highest BCUT2D eigenvalue weighted by Crippen LogP contribution is 2.23. The average Bonchev–Trinajstić information content (AvgIpc) is 3.15. The topological polar surface area (TPSA) is 70.4 Å². The van der Waals surface area contributed by atoms with Gasteiger partial charge in [-0.3, -0.25) is 4.79 Å². The number of aromatic nitrogens is 2. The SMILES string of the molecule is CCn1c(C(=O)OC)cc(=O)c2cc(OCc3nc(C(C)C)cs3)ccc21. The maximum absolute atomic E-state index is 12.5. The lowest BCUT2D eigenvalue weighted by Gasteiger charge is -2.14. The van der Waals surface area contributed by atoms with E-state index in [2.05, 4.69) is 18.8 Å². The quantitative estimate of drug-likeness (QED) is 0.600. The number of hydrogen-bond acceptors (Lipinski definition) is 6. The average molecular weight is 386 g/mol. The Morgan fingerprint density at radius 3 is 2.70 bits per heavy atom. The third-order valence-corrected chi connectivity index (χ3v) is 5.16. The predicted octanol–water partition coefficient (Wildman–Crippen LogP) is 3.97. The van der Waals surface area contributed by atoms with Crippen LogP contribution >= 0.6 is 11.3 Å². The Morgan fingerprint density at radius 1 is 1.30 bits per heavy atom. The van der Waals surface area contributed by atoms with Crippen LogP contribution in [0.5, 0.6) is 5.75 Å². The molecule has 27 heavy (non-hydrogen) atoms. The molecule has 2 heterocycles. The molecule has 0 fully saturated rings. The summed E-state index contributed by atoms with van der Waals surface area (Å²) < 4.78 is 12.4. The molecule has 0 spiro atoms. The summed E-state index contributed by atoms with van der Waals surface area (Å²) in [5.41, 5.74) is 1.74. The van der Waals surface area contributed by atoms with Gasteiger partial charge in [-0.2, -0.15) is 0 Å². The molecule has 0 N–H and O–H groups in total. The summed E-state index contributed by atoms with van der Waals surface area (Å²) in [5.74, 6) is 0.447. The van der Waals surface area contributed by atoms with E-state index in [4.69, 9.17) is 9.47 Å². The smallest absolute Gasteiger partial charge is 0.354 e. The maximum Gasteiger partial charge on any atom is 0.354 e. The van der Waals surface area contributed by atoms with Crippen molar-refractivity contribution in [1.82, 2.24) is 9.55 Å². The van der Waals surface area contributed by atoms with Crippen molar-refractivity contribution in [3.8, 4) is 5.75 Å². The number of nitrogens with zero attached hydrogens (tertiary/aromatic N) is 2. The van der Waals surface area contributed by atoms with Gasteiger partial charge in [0.05, 0.1) is 18.3 Å². The van der Waals surface area contributed by atoms with Gasteiger partial charge in [-0.15, -0.1) is 11.3 Å². The minimum Gasteiger partial charge on any atom is -0.486 e. The second kappa shape index (κ2) is 7.92. The fourth-order valence-electron chi connectivity index (χ4n) is 2.86. The first-order valence-electron chi connectivity index (χ1n) is 8.77. The van der Waals surface area contributed by atoms with Crippen LogP contribution in [0.4, 0.5) is 0 Å². The third-order valence-electron chi connectivity index (χ3n) is 4.32. The maximum atomic E-state index is 12.5. The van der Waals surface area contributed by atoms with Gasteiger partial charge >= 0.3 is 5.97 Å². The zero-order chi connectivity index (χ0) is 19.6. The Labute approximate surface area is 161 Å². The number of methoxy groups -OCH3 is 1. The van der Waals surface area contributed by atoms with Crippen molar-refractivity contribution < 1.29 is 14.3 Å². The predicted molar refractivity (Wildman–Crippen MR) is 106 cm³/mol. The van der Waals surface area contributed by atoms with Gasteiger partial charge in [-0.1, -0.05) is 13.8 Å². The van der Waals surface area contributed by atoms with Gasteiger partial charge in [0.2, 0.25) is 0 Å². The number of hydrogen-bond donors (Lipinski definition) is 0. The molecule has 0 saturated heterocycles. The first-order chi connectivity index (χ1) is 12.9. The van der Waals surface area contributed by atoms with E-state index < -0.39 is 5.97 Å². The lowest BCUT2D eigenvalue weighted by Crippen LogP contribution is -2.18. The molecule has 7 heteroatoms. The molecule has 0 aliphatic rings. The minimum atomic E-state index is -0.527. The number of ether oxygens (including phenoxy) is 2. The fourth-order valence-corrected chi connectivity index (χ4v) is 3.73. The van der Waals surface area contributed by atoms with Crippen LogP contribution in [0, 0.1) is 0 Å². The summed E-state index contributed by atoms with van der Waals surface area (Å²) in [7, 11) is 1.30. The standard InChI is InChI=1S/C20H22N2O4S/c1-5-22-16-7-6-13(26-10-19-21-15(11-27-19)12(2)3)8-14(16)18(23)9-17(22)20(24)25-4/h6-9,11-12H,5,10H2,1-4H3. The Kier molecular flexibility index (Phi) is 5.60. The number of carbonyl (C=O) groups excluding carboxylic acids is 1. The van der Waals surface area contributed by atoms with Crippen LogP contribution in [-0.4, -0.2) is 22.6 Å². The molecule has 6 nitrogen and oxygen atoms in total. The van der Waals surface area contributed by atoms with Gasteiger partial charge in [0, 0.05) is 23.4 Å². The van der Waals surface area contributed by atoms with E-state index in [0.717, 1.165) is 10.7 Å². The van der Waals surface area contributed by atoms with Gasteiger partial charge in [0.15, 0.2) is 5.43 Å². The molecule has 0 aliphatic heterocycles. The minimum absolute atomic E-state index is 0.239. The van der Waals surface area contributed by atoms with Crippen molar-refractivity contribution in [3.05, 3.63) is 56.3 Å². The number of fused-ring (bicyclic) bond motifs is 1. The second-order valence-electron chi connectivity index (χ2n) is 6.42. The first-order valence-corrected chi connectivity index (χ1v) is 9.65. The number of thiazole rings is 1. The molecule has 3 aromatic rings. The Bertz CT molecular complexity index is 1040. The highest BCUT2D eigenvalue weighted by atomic mass is 32.1. The molecule has 2 aromatic heterocycles. The van der Waals surface area contributed by atoms with Gasteiger partial charge in [0.1, 0.15) is 23.1 Å². The summed E-state index contributed by atoms with van der Waals surface area (Å²) in [6.45, 7) is 7.01. The van der Waals surface area contributed by atoms with E-state index in [1.165, 1.54) is 13.2 Å². The summed E-state index contributed by atoms with van der Waals surface area (Å²) in [5, 5.41) is 3.44. The summed E-state index contributed by atoms with van der Waals surface area (Å²) in [4.78, 5) is 29.0. The van der Waals surface area contributed by atoms with Crippen molar-refractivity contribution in [3.63, 3.8) is 0 Å². The van der Waals surface area contributed by atoms with Crippen molar-refractivity contribution in [2.24, 2.45) is 0 Å². The number of pyridine rings is 1. The van der Waals surface area contributed by atoms with Gasteiger partial charge in [0.25, 0.3) is 0 Å². The second-order valence-corrected chi connectivity index (χ2v) is 7.36. The van der Waals surface area contributed by atoms with Crippen molar-refractivity contribution in [1.29, 1.82) is 0 Å². The molecule has 0 atom stereocenters. The normalized spacial score (nSPS) is 11.1. The molecule has 0 bridgehead atoms. The number of aryl methyl sites for hydroxylation is 1. The molecule has 1 aromatic carbocycles. The lowest BCUT2D eigenvalue weighted by molar-refractivity contribution is 0.0588. The van der Waals surface area contributed by atoms with E-state index >= 15 is 0 Å². The molecular formula is C20H22N2O4S. The van der Waals surface area contributed by atoms with Crippen molar-refractivity contribution >= 4 is 28.2 Å². The molecule has 0 radical (unpaired) electrons. The largest absolute Gasteiger partial charge is 0.486 e. The fraction of sp³-hybridized carbons (Fsp3) is 0.350. The highest BCUT2D eigenvalue weighted by Gasteiger charge is 2.15. The zero-order valence-corrected chi connectivity index (χ0v) is 16.6. The van der Waals surface area contributed by atoms with Crippen LogP contribution in [0.25, 0.3) is 10.9 Å². The van der Waals surface area contributed by atoms with Crippen LogP contribution < -0.4 is 10.2 Å². The zero-order valence-electron chi connectivity index (χ0n) is 15.8. The molecule has 3 rings (SSSR count). The van der Waals surface area contributed by atoms with Gasteiger partial charge in [-0.05, 0) is 31.0 Å². The van der Waals surface area contributed by atoms with Gasteiger partial charge in [-0.25, -0.2) is 9.78 Å². The third kappa shape index (κ3) is 3.88. The van der Waals surface area contributed by atoms with Crippen molar-refractivity contribution in [2.75, 3.05) is 7.11 Å². The summed E-state index contributed by atoms with van der Waals surface area (Å²) in [6.07, 6.45) is 0. The Hall–Kier alpha value is -2.67. The Balaban J connectivity index is 1.91. The molecule has 0 saturated carbocycles. The molecule has 0 aliphatic carbocycles. The van der Waals surface area contributed by atoms with Crippen molar-refractivity contribution in [2.45, 2.75) is 39.8 Å². The van der Waals surface area contributed by atoms with E-state index in [9.17, 15) is 9.59 Å². The van der Waals surface area contributed by atoms with Crippen LogP contribution in [0.1, 0.15) is 47.9 Å². The van der Waals surface area contributed by atoms with E-state index in [-0.39, 0.29) is 11.1 Å². The molecule has 0 amide bonds. The molecule has 0 unspecified atom stereocenters. The lowest BCUT2D eigenvalue weighted by atomic mass is 10.1. The first kappa shape index (κ1) is 19.1. The Morgan fingerprint density at radius 2 is 2.07 bits per heavy atom. The number of carbonyl (C=O) groups is 1.